The molecule has 0 saturated heterocycles. The molecule has 0 fully saturated rings. The topological polar surface area (TPSA) is 84.3 Å². The second-order valence-corrected chi connectivity index (χ2v) is 4.97. The summed E-state index contributed by atoms with van der Waals surface area (Å²) in [6, 6.07) is 10.4. The van der Waals surface area contributed by atoms with Crippen LogP contribution in [0.5, 0.6) is 0 Å². The van der Waals surface area contributed by atoms with E-state index in [1.807, 2.05) is 37.3 Å². The van der Waals surface area contributed by atoms with Crippen molar-refractivity contribution in [3.63, 3.8) is 0 Å². The first-order chi connectivity index (χ1) is 10.6. The average Bonchev–Trinajstić information content (AvgIpc) is 2.47. The molecule has 0 unspecified atom stereocenters. The van der Waals surface area contributed by atoms with Crippen LogP contribution >= 0.6 is 0 Å². The van der Waals surface area contributed by atoms with Crippen LogP contribution in [0.1, 0.15) is 17.1 Å². The molecule has 2 rings (SSSR count). The normalized spacial score (nSPS) is 11.9. The highest BCUT2D eigenvalue weighted by molar-refractivity contribution is 5.77. The Balaban J connectivity index is 2.15. The molecule has 22 heavy (non-hydrogen) atoms. The zero-order chi connectivity index (χ0) is 15.9. The lowest BCUT2D eigenvalue weighted by atomic mass is 10.1. The fraction of sp³-hybridized carbons (Fsp3) is 0.312. The highest BCUT2D eigenvalue weighted by Gasteiger charge is 2.18. The van der Waals surface area contributed by atoms with Crippen LogP contribution in [0.4, 0.5) is 5.82 Å². The molecule has 1 aromatic heterocycles. The number of nitrogens with zero attached hydrogens (tertiary/aromatic N) is 2. The van der Waals surface area contributed by atoms with Crippen LogP contribution in [0, 0.1) is 6.92 Å². The predicted molar refractivity (Wildman–Crippen MR) is 82.7 cm³/mol. The fourth-order valence-corrected chi connectivity index (χ4v) is 2.13. The van der Waals surface area contributed by atoms with E-state index in [4.69, 9.17) is 4.74 Å². The molecule has 0 amide bonds. The van der Waals surface area contributed by atoms with E-state index in [9.17, 15) is 9.90 Å². The fourth-order valence-electron chi connectivity index (χ4n) is 2.13. The highest BCUT2D eigenvalue weighted by Crippen LogP contribution is 2.12. The summed E-state index contributed by atoms with van der Waals surface area (Å²) >= 11 is 0. The van der Waals surface area contributed by atoms with Gasteiger partial charge in [-0.15, -0.1) is 0 Å². The van der Waals surface area contributed by atoms with E-state index in [2.05, 4.69) is 15.3 Å². The van der Waals surface area contributed by atoms with Crippen molar-refractivity contribution in [1.82, 2.24) is 9.97 Å². The van der Waals surface area contributed by atoms with Crippen molar-refractivity contribution < 1.29 is 14.6 Å². The lowest BCUT2D eigenvalue weighted by Crippen LogP contribution is -2.32. The second kappa shape index (κ2) is 7.51. The van der Waals surface area contributed by atoms with E-state index in [-0.39, 0.29) is 6.61 Å². The molecule has 0 saturated carbocycles. The standard InChI is InChI=1S/C16H19N3O3/c1-11-8-14(19-15(17-11)10-22-2)18-13(16(20)21)9-12-6-4-3-5-7-12/h3-8,13H,9-10H2,1-2H3,(H,20,21)(H,17,18,19)/t13-/m0/s1. The number of rotatable bonds is 7. The summed E-state index contributed by atoms with van der Waals surface area (Å²) in [6.07, 6.45) is 0.374. The summed E-state index contributed by atoms with van der Waals surface area (Å²) in [5, 5.41) is 12.4. The minimum absolute atomic E-state index is 0.285. The molecule has 0 aliphatic heterocycles. The maximum atomic E-state index is 11.5. The lowest BCUT2D eigenvalue weighted by molar-refractivity contribution is -0.137. The minimum atomic E-state index is -0.923. The summed E-state index contributed by atoms with van der Waals surface area (Å²) in [5.74, 6) is 0.0881. The number of hydrogen-bond donors (Lipinski definition) is 2. The Morgan fingerprint density at radius 1 is 1.32 bits per heavy atom. The molecule has 6 heteroatoms. The van der Waals surface area contributed by atoms with Gasteiger partial charge in [-0.3, -0.25) is 0 Å². The number of hydrogen-bond acceptors (Lipinski definition) is 5. The van der Waals surface area contributed by atoms with Gasteiger partial charge < -0.3 is 15.2 Å². The number of carboxylic acid groups (broad SMARTS) is 1. The van der Waals surface area contributed by atoms with Crippen LogP contribution in [-0.4, -0.2) is 34.2 Å². The van der Waals surface area contributed by atoms with Gasteiger partial charge in [-0.05, 0) is 12.5 Å². The van der Waals surface area contributed by atoms with Crippen LogP contribution in [0.2, 0.25) is 0 Å². The number of ether oxygens (including phenoxy) is 1. The van der Waals surface area contributed by atoms with Crippen LogP contribution in [0.25, 0.3) is 0 Å². The zero-order valence-corrected chi connectivity index (χ0v) is 12.6. The number of carboxylic acids is 1. The van der Waals surface area contributed by atoms with Gasteiger partial charge in [-0.1, -0.05) is 30.3 Å². The van der Waals surface area contributed by atoms with Gasteiger partial charge >= 0.3 is 5.97 Å². The van der Waals surface area contributed by atoms with Gasteiger partial charge in [0.05, 0.1) is 0 Å². The summed E-state index contributed by atoms with van der Waals surface area (Å²) in [4.78, 5) is 20.0. The number of aryl methyl sites for hydroxylation is 1. The van der Waals surface area contributed by atoms with E-state index < -0.39 is 12.0 Å². The van der Waals surface area contributed by atoms with Crippen molar-refractivity contribution >= 4 is 11.8 Å². The van der Waals surface area contributed by atoms with Crippen molar-refractivity contribution in [3.8, 4) is 0 Å². The van der Waals surface area contributed by atoms with Crippen molar-refractivity contribution in [2.45, 2.75) is 26.0 Å². The molecule has 2 aromatic rings. The summed E-state index contributed by atoms with van der Waals surface area (Å²) in [7, 11) is 1.56. The van der Waals surface area contributed by atoms with Gasteiger partial charge in [0.25, 0.3) is 0 Å². The second-order valence-electron chi connectivity index (χ2n) is 4.97. The van der Waals surface area contributed by atoms with Crippen molar-refractivity contribution in [1.29, 1.82) is 0 Å². The van der Waals surface area contributed by atoms with E-state index in [1.165, 1.54) is 0 Å². The molecular weight excluding hydrogens is 282 g/mol. The highest BCUT2D eigenvalue weighted by atomic mass is 16.5. The summed E-state index contributed by atoms with van der Waals surface area (Å²) in [6.45, 7) is 2.12. The van der Waals surface area contributed by atoms with Crippen LogP contribution < -0.4 is 5.32 Å². The summed E-state index contributed by atoms with van der Waals surface area (Å²) in [5.41, 5.74) is 1.71. The Labute approximate surface area is 129 Å². The molecule has 1 heterocycles. The van der Waals surface area contributed by atoms with Gasteiger partial charge in [0.2, 0.25) is 0 Å². The molecule has 1 aromatic carbocycles. The van der Waals surface area contributed by atoms with E-state index in [0.717, 1.165) is 11.3 Å². The zero-order valence-electron chi connectivity index (χ0n) is 12.6. The Morgan fingerprint density at radius 3 is 2.68 bits per heavy atom. The molecular formula is C16H19N3O3. The molecule has 0 bridgehead atoms. The van der Waals surface area contributed by atoms with E-state index in [1.54, 1.807) is 13.2 Å². The van der Waals surface area contributed by atoms with Gasteiger partial charge in [-0.25, -0.2) is 14.8 Å². The first-order valence-electron chi connectivity index (χ1n) is 6.95. The Morgan fingerprint density at radius 2 is 2.05 bits per heavy atom. The molecule has 0 aliphatic carbocycles. The number of methoxy groups -OCH3 is 1. The number of aromatic nitrogens is 2. The first kappa shape index (κ1) is 15.9. The number of anilines is 1. The molecule has 0 radical (unpaired) electrons. The van der Waals surface area contributed by atoms with E-state index >= 15 is 0 Å². The number of benzene rings is 1. The van der Waals surface area contributed by atoms with Crippen LogP contribution in [0.15, 0.2) is 36.4 Å². The molecule has 116 valence electrons. The third-order valence-electron chi connectivity index (χ3n) is 3.08. The third kappa shape index (κ3) is 4.53. The van der Waals surface area contributed by atoms with Gasteiger partial charge in [0.15, 0.2) is 5.82 Å². The molecule has 2 N–H and O–H groups in total. The molecule has 6 nitrogen and oxygen atoms in total. The lowest BCUT2D eigenvalue weighted by Gasteiger charge is -2.16. The Hall–Kier alpha value is -2.47. The quantitative estimate of drug-likeness (QED) is 0.814. The number of aliphatic carboxylic acids is 1. The van der Waals surface area contributed by atoms with Crippen molar-refractivity contribution in [3.05, 3.63) is 53.5 Å². The van der Waals surface area contributed by atoms with Gasteiger partial charge in [0, 0.05) is 25.3 Å². The molecule has 1 atom stereocenters. The van der Waals surface area contributed by atoms with Crippen molar-refractivity contribution in [2.75, 3.05) is 12.4 Å². The molecule has 0 spiro atoms. The predicted octanol–water partition coefficient (Wildman–Crippen LogP) is 2.04. The maximum absolute atomic E-state index is 11.5. The average molecular weight is 301 g/mol. The third-order valence-corrected chi connectivity index (χ3v) is 3.08. The minimum Gasteiger partial charge on any atom is -0.480 e. The molecule has 0 aliphatic rings. The van der Waals surface area contributed by atoms with Gasteiger partial charge in [0.1, 0.15) is 18.5 Å². The van der Waals surface area contributed by atoms with Crippen molar-refractivity contribution in [2.24, 2.45) is 0 Å². The number of carbonyl (C=O) groups is 1. The summed E-state index contributed by atoms with van der Waals surface area (Å²) < 4.78 is 5.02. The van der Waals surface area contributed by atoms with Crippen LogP contribution in [-0.2, 0) is 22.6 Å². The SMILES string of the molecule is COCc1nc(C)cc(N[C@@H](Cc2ccccc2)C(=O)O)n1. The largest absolute Gasteiger partial charge is 0.480 e. The Kier molecular flexibility index (Phi) is 5.43. The monoisotopic (exact) mass is 301 g/mol. The maximum Gasteiger partial charge on any atom is 0.326 e. The van der Waals surface area contributed by atoms with Crippen LogP contribution in [0.3, 0.4) is 0 Å². The van der Waals surface area contributed by atoms with Gasteiger partial charge in [-0.2, -0.15) is 0 Å². The smallest absolute Gasteiger partial charge is 0.326 e. The first-order valence-corrected chi connectivity index (χ1v) is 6.95. The Bertz CT molecular complexity index is 632. The van der Waals surface area contributed by atoms with E-state index in [0.29, 0.717) is 18.1 Å². The number of nitrogens with one attached hydrogen (secondary N) is 1.